The summed E-state index contributed by atoms with van der Waals surface area (Å²) < 4.78 is 13.2. The Balaban J connectivity index is 1.55. The Labute approximate surface area is 160 Å². The predicted octanol–water partition coefficient (Wildman–Crippen LogP) is 4.37. The van der Waals surface area contributed by atoms with E-state index in [1.54, 1.807) is 17.0 Å². The fraction of sp³-hybridized carbons (Fsp3) is 0.263. The zero-order chi connectivity index (χ0) is 19.4. The van der Waals surface area contributed by atoms with Crippen LogP contribution in [0.2, 0.25) is 5.02 Å². The first kappa shape index (κ1) is 19.0. The number of likely N-dealkylation sites (tertiary alicyclic amines) is 1. The van der Waals surface area contributed by atoms with Crippen LogP contribution in [-0.2, 0) is 4.79 Å². The van der Waals surface area contributed by atoms with Gasteiger partial charge < -0.3 is 10.2 Å². The molecule has 6 nitrogen and oxygen atoms in total. The van der Waals surface area contributed by atoms with Crippen LogP contribution in [0.4, 0.5) is 15.8 Å². The third kappa shape index (κ3) is 4.49. The van der Waals surface area contributed by atoms with Crippen molar-refractivity contribution in [1.82, 2.24) is 4.90 Å². The van der Waals surface area contributed by atoms with E-state index < -0.39 is 5.82 Å². The SMILES string of the molecule is O=Nc1ccc(C(=O)N2CCC(C(=O)Nc3ccc(F)c(Cl)c3)CC2)cc1. The van der Waals surface area contributed by atoms with Crippen LogP contribution in [0.25, 0.3) is 0 Å². The van der Waals surface area contributed by atoms with Gasteiger partial charge in [-0.25, -0.2) is 4.39 Å². The van der Waals surface area contributed by atoms with Crippen molar-refractivity contribution in [3.63, 3.8) is 0 Å². The maximum absolute atomic E-state index is 13.2. The molecule has 1 N–H and O–H groups in total. The molecule has 1 saturated heterocycles. The molecule has 0 unspecified atom stereocenters. The Morgan fingerprint density at radius 2 is 1.78 bits per heavy atom. The topological polar surface area (TPSA) is 78.8 Å². The Morgan fingerprint density at radius 3 is 2.37 bits per heavy atom. The average Bonchev–Trinajstić information content (AvgIpc) is 2.70. The zero-order valence-corrected chi connectivity index (χ0v) is 15.1. The number of nitrogens with one attached hydrogen (secondary N) is 1. The van der Waals surface area contributed by atoms with Gasteiger partial charge in [-0.05, 0) is 60.5 Å². The van der Waals surface area contributed by atoms with E-state index in [1.807, 2.05) is 0 Å². The number of halogens is 2. The van der Waals surface area contributed by atoms with E-state index >= 15 is 0 Å². The summed E-state index contributed by atoms with van der Waals surface area (Å²) in [6.07, 6.45) is 1.06. The molecule has 0 aromatic heterocycles. The summed E-state index contributed by atoms with van der Waals surface area (Å²) in [7, 11) is 0. The highest BCUT2D eigenvalue weighted by molar-refractivity contribution is 6.31. The van der Waals surface area contributed by atoms with Gasteiger partial charge in [0.05, 0.1) is 5.02 Å². The lowest BCUT2D eigenvalue weighted by atomic mass is 9.95. The maximum Gasteiger partial charge on any atom is 0.253 e. The molecule has 0 aliphatic carbocycles. The van der Waals surface area contributed by atoms with Gasteiger partial charge in [0.15, 0.2) is 0 Å². The highest BCUT2D eigenvalue weighted by Gasteiger charge is 2.28. The molecule has 2 aromatic rings. The van der Waals surface area contributed by atoms with E-state index in [1.165, 1.54) is 30.3 Å². The van der Waals surface area contributed by atoms with Crippen LogP contribution in [0.15, 0.2) is 47.6 Å². The van der Waals surface area contributed by atoms with Crippen molar-refractivity contribution in [3.05, 3.63) is 63.8 Å². The molecule has 140 valence electrons. The van der Waals surface area contributed by atoms with Gasteiger partial charge in [-0.3, -0.25) is 9.59 Å². The minimum absolute atomic E-state index is 0.0518. The van der Waals surface area contributed by atoms with Crippen molar-refractivity contribution in [2.24, 2.45) is 11.1 Å². The minimum atomic E-state index is -0.543. The lowest BCUT2D eigenvalue weighted by Gasteiger charge is -2.31. The molecule has 0 radical (unpaired) electrons. The van der Waals surface area contributed by atoms with Crippen molar-refractivity contribution in [2.75, 3.05) is 18.4 Å². The number of hydrogen-bond donors (Lipinski definition) is 1. The second kappa shape index (κ2) is 8.26. The summed E-state index contributed by atoms with van der Waals surface area (Å²) in [6.45, 7) is 0.906. The van der Waals surface area contributed by atoms with E-state index in [0.29, 0.717) is 37.2 Å². The van der Waals surface area contributed by atoms with Crippen LogP contribution >= 0.6 is 11.6 Å². The lowest BCUT2D eigenvalue weighted by molar-refractivity contribution is -0.121. The first-order valence-electron chi connectivity index (χ1n) is 8.46. The van der Waals surface area contributed by atoms with E-state index in [0.717, 1.165) is 0 Å². The van der Waals surface area contributed by atoms with Crippen molar-refractivity contribution in [1.29, 1.82) is 0 Å². The summed E-state index contributed by atoms with van der Waals surface area (Å²) in [6, 6.07) is 10.1. The third-order valence-corrected chi connectivity index (χ3v) is 4.85. The number of anilines is 1. The third-order valence-electron chi connectivity index (χ3n) is 4.56. The number of carbonyl (C=O) groups excluding carboxylic acids is 2. The van der Waals surface area contributed by atoms with Crippen LogP contribution < -0.4 is 5.32 Å². The van der Waals surface area contributed by atoms with Crippen molar-refractivity contribution < 1.29 is 14.0 Å². The molecule has 3 rings (SSSR count). The molecule has 1 aliphatic heterocycles. The maximum atomic E-state index is 13.2. The highest BCUT2D eigenvalue weighted by Crippen LogP contribution is 2.24. The molecule has 0 saturated carbocycles. The van der Waals surface area contributed by atoms with Crippen LogP contribution in [0.5, 0.6) is 0 Å². The normalized spacial score (nSPS) is 14.7. The van der Waals surface area contributed by atoms with Crippen molar-refractivity contribution in [3.8, 4) is 0 Å². The Bertz CT molecular complexity index is 865. The Hall–Kier alpha value is -2.80. The molecule has 1 heterocycles. The molecular formula is C19H17ClFN3O3. The van der Waals surface area contributed by atoms with Crippen LogP contribution in [0.1, 0.15) is 23.2 Å². The molecule has 1 fully saturated rings. The van der Waals surface area contributed by atoms with Gasteiger partial charge >= 0.3 is 0 Å². The zero-order valence-electron chi connectivity index (χ0n) is 14.3. The smallest absolute Gasteiger partial charge is 0.253 e. The molecule has 1 aliphatic rings. The number of rotatable bonds is 4. The van der Waals surface area contributed by atoms with Gasteiger partial charge in [0.2, 0.25) is 5.91 Å². The van der Waals surface area contributed by atoms with Crippen molar-refractivity contribution in [2.45, 2.75) is 12.8 Å². The molecule has 2 aromatic carbocycles. The van der Waals surface area contributed by atoms with Gasteiger partial charge in [-0.15, -0.1) is 4.91 Å². The standard InChI is InChI=1S/C19H17ClFN3O3/c20-16-11-15(5-6-17(16)21)22-18(25)12-7-9-24(10-8-12)19(26)13-1-3-14(23-27)4-2-13/h1-6,11-12H,7-10H2,(H,22,25). The van der Waals surface area contributed by atoms with Gasteiger partial charge in [0.25, 0.3) is 5.91 Å². The summed E-state index contributed by atoms with van der Waals surface area (Å²) in [4.78, 5) is 37.0. The predicted molar refractivity (Wildman–Crippen MR) is 101 cm³/mol. The molecule has 0 atom stereocenters. The van der Waals surface area contributed by atoms with Gasteiger partial charge in [0.1, 0.15) is 11.5 Å². The van der Waals surface area contributed by atoms with E-state index in [4.69, 9.17) is 11.6 Å². The van der Waals surface area contributed by atoms with Crippen LogP contribution in [0.3, 0.4) is 0 Å². The first-order chi connectivity index (χ1) is 13.0. The second-order valence-electron chi connectivity index (χ2n) is 6.32. The summed E-state index contributed by atoms with van der Waals surface area (Å²) in [5, 5.41) is 5.49. The largest absolute Gasteiger partial charge is 0.339 e. The Morgan fingerprint density at radius 1 is 1.11 bits per heavy atom. The molecule has 0 bridgehead atoms. The number of hydrogen-bond acceptors (Lipinski definition) is 4. The van der Waals surface area contributed by atoms with Gasteiger partial charge in [-0.2, -0.15) is 0 Å². The monoisotopic (exact) mass is 389 g/mol. The van der Waals surface area contributed by atoms with Crippen LogP contribution in [-0.4, -0.2) is 29.8 Å². The molecular weight excluding hydrogens is 373 g/mol. The number of amides is 2. The molecule has 2 amide bonds. The Kier molecular flexibility index (Phi) is 5.81. The minimum Gasteiger partial charge on any atom is -0.339 e. The first-order valence-corrected chi connectivity index (χ1v) is 8.84. The second-order valence-corrected chi connectivity index (χ2v) is 6.73. The number of benzene rings is 2. The van der Waals surface area contributed by atoms with E-state index in [-0.39, 0.29) is 28.4 Å². The quantitative estimate of drug-likeness (QED) is 0.788. The molecule has 27 heavy (non-hydrogen) atoms. The molecule has 8 heteroatoms. The summed E-state index contributed by atoms with van der Waals surface area (Å²) in [5.41, 5.74) is 1.18. The van der Waals surface area contributed by atoms with E-state index in [2.05, 4.69) is 10.5 Å². The van der Waals surface area contributed by atoms with Crippen LogP contribution in [0, 0.1) is 16.6 Å². The van der Waals surface area contributed by atoms with Gasteiger partial charge in [-0.1, -0.05) is 11.6 Å². The summed E-state index contributed by atoms with van der Waals surface area (Å²) >= 11 is 5.72. The molecule has 0 spiro atoms. The number of carbonyl (C=O) groups is 2. The van der Waals surface area contributed by atoms with Crippen molar-refractivity contribution >= 4 is 34.8 Å². The summed E-state index contributed by atoms with van der Waals surface area (Å²) in [5.74, 6) is -1.10. The lowest BCUT2D eigenvalue weighted by Crippen LogP contribution is -2.41. The average molecular weight is 390 g/mol. The highest BCUT2D eigenvalue weighted by atomic mass is 35.5. The number of piperidine rings is 1. The van der Waals surface area contributed by atoms with Gasteiger partial charge in [0, 0.05) is 30.3 Å². The number of nitrogens with zero attached hydrogens (tertiary/aromatic N) is 2. The number of nitroso groups, excluding NO2 is 1. The van der Waals surface area contributed by atoms with E-state index in [9.17, 15) is 18.9 Å². The fourth-order valence-electron chi connectivity index (χ4n) is 3.01. The fourth-order valence-corrected chi connectivity index (χ4v) is 3.19.